The summed E-state index contributed by atoms with van der Waals surface area (Å²) >= 11 is 0. The number of esters is 1. The van der Waals surface area contributed by atoms with Crippen LogP contribution in [0.5, 0.6) is 11.6 Å². The van der Waals surface area contributed by atoms with Crippen LogP contribution in [0.3, 0.4) is 0 Å². The summed E-state index contributed by atoms with van der Waals surface area (Å²) in [4.78, 5) is 17.0. The lowest BCUT2D eigenvalue weighted by Gasteiger charge is -2.43. The highest BCUT2D eigenvalue weighted by atomic mass is 19.1. The van der Waals surface area contributed by atoms with E-state index < -0.39 is 22.8 Å². The van der Waals surface area contributed by atoms with Gasteiger partial charge in [0.2, 0.25) is 5.88 Å². The predicted octanol–water partition coefficient (Wildman–Crippen LogP) is 6.35. The molecule has 1 unspecified atom stereocenters. The molecule has 0 bridgehead atoms. The van der Waals surface area contributed by atoms with Gasteiger partial charge >= 0.3 is 5.97 Å². The Bertz CT molecular complexity index is 1620. The molecule has 0 saturated heterocycles. The van der Waals surface area contributed by atoms with Crippen molar-refractivity contribution < 1.29 is 38.0 Å². The Morgan fingerprint density at radius 1 is 1.02 bits per heavy atom. The molecular weight excluding hydrogens is 580 g/mol. The highest BCUT2D eigenvalue weighted by Crippen LogP contribution is 2.62. The van der Waals surface area contributed by atoms with E-state index in [4.69, 9.17) is 14.2 Å². The molecule has 240 valence electrons. The van der Waals surface area contributed by atoms with E-state index in [1.807, 2.05) is 52.8 Å². The average molecular weight is 622 g/mol. The van der Waals surface area contributed by atoms with Crippen LogP contribution in [-0.2, 0) is 22.6 Å². The van der Waals surface area contributed by atoms with Crippen molar-refractivity contribution in [3.8, 4) is 22.8 Å². The van der Waals surface area contributed by atoms with Crippen LogP contribution in [0.4, 0.5) is 8.78 Å². The lowest BCUT2D eigenvalue weighted by molar-refractivity contribution is -0.157. The van der Waals surface area contributed by atoms with E-state index in [1.165, 1.54) is 6.07 Å². The summed E-state index contributed by atoms with van der Waals surface area (Å²) in [7, 11) is 0. The van der Waals surface area contributed by atoms with E-state index in [1.54, 1.807) is 13.1 Å². The second-order valence-corrected chi connectivity index (χ2v) is 14.2. The number of rotatable bonds is 9. The van der Waals surface area contributed by atoms with Gasteiger partial charge in [-0.3, -0.25) is 4.79 Å². The minimum Gasteiger partial charge on any atom is -0.490 e. The Morgan fingerprint density at radius 2 is 1.71 bits per heavy atom. The number of halogens is 2. The van der Waals surface area contributed by atoms with Crippen LogP contribution in [0.25, 0.3) is 11.1 Å². The molecule has 7 nitrogen and oxygen atoms in total. The average Bonchev–Trinajstić information content (AvgIpc) is 3.51. The molecular formula is C36H41F2NO6. The lowest BCUT2D eigenvalue weighted by Crippen LogP contribution is -2.49. The second-order valence-electron chi connectivity index (χ2n) is 14.2. The van der Waals surface area contributed by atoms with Crippen LogP contribution >= 0.6 is 0 Å². The van der Waals surface area contributed by atoms with Crippen molar-refractivity contribution in [2.45, 2.75) is 90.6 Å². The monoisotopic (exact) mass is 621 g/mol. The molecule has 3 aromatic rings. The maximum atomic E-state index is 15.2. The zero-order valence-corrected chi connectivity index (χ0v) is 26.6. The molecule has 2 N–H and O–H groups in total. The van der Waals surface area contributed by atoms with E-state index in [0.29, 0.717) is 30.0 Å². The van der Waals surface area contributed by atoms with E-state index in [0.717, 1.165) is 34.7 Å². The number of nitrogens with zero attached hydrogens (tertiary/aromatic N) is 1. The van der Waals surface area contributed by atoms with Crippen molar-refractivity contribution in [2.24, 2.45) is 17.8 Å². The lowest BCUT2D eigenvalue weighted by atomic mass is 9.72. The zero-order chi connectivity index (χ0) is 32.4. The molecule has 0 spiro atoms. The summed E-state index contributed by atoms with van der Waals surface area (Å²) in [6, 6.07) is 7.90. The molecule has 2 fully saturated rings. The van der Waals surface area contributed by atoms with Crippen molar-refractivity contribution in [3.63, 3.8) is 0 Å². The van der Waals surface area contributed by atoms with Gasteiger partial charge in [0.05, 0.1) is 24.2 Å². The third kappa shape index (κ3) is 6.17. The Morgan fingerprint density at radius 3 is 2.36 bits per heavy atom. The van der Waals surface area contributed by atoms with Crippen molar-refractivity contribution in [2.75, 3.05) is 6.61 Å². The van der Waals surface area contributed by atoms with Gasteiger partial charge in [-0.25, -0.2) is 13.8 Å². The molecule has 1 aromatic heterocycles. The molecule has 2 saturated carbocycles. The Hall–Kier alpha value is -3.56. The van der Waals surface area contributed by atoms with Crippen LogP contribution in [0.2, 0.25) is 0 Å². The first-order valence-electron chi connectivity index (χ1n) is 15.6. The first-order chi connectivity index (χ1) is 21.1. The summed E-state index contributed by atoms with van der Waals surface area (Å²) in [6.45, 7) is 10.5. The quantitative estimate of drug-likeness (QED) is 0.269. The van der Waals surface area contributed by atoms with Gasteiger partial charge in [0.1, 0.15) is 29.6 Å². The number of fused-ring (bicyclic) bond motifs is 3. The van der Waals surface area contributed by atoms with Gasteiger partial charge in [-0.1, -0.05) is 0 Å². The van der Waals surface area contributed by atoms with Crippen LogP contribution in [0, 0.1) is 43.2 Å². The Kier molecular flexibility index (Phi) is 7.93. The fourth-order valence-electron chi connectivity index (χ4n) is 6.99. The minimum absolute atomic E-state index is 0.0305. The third-order valence-electron chi connectivity index (χ3n) is 9.55. The smallest absolute Gasteiger partial charge is 0.310 e. The van der Waals surface area contributed by atoms with Crippen LogP contribution in [0.15, 0.2) is 36.5 Å². The topological polar surface area (TPSA) is 98.1 Å². The first-order valence-corrected chi connectivity index (χ1v) is 15.6. The molecule has 9 heteroatoms. The van der Waals surface area contributed by atoms with Gasteiger partial charge < -0.3 is 24.4 Å². The van der Waals surface area contributed by atoms with Crippen molar-refractivity contribution in [3.05, 3.63) is 76.0 Å². The maximum Gasteiger partial charge on any atom is 0.310 e. The zero-order valence-electron chi connectivity index (χ0n) is 26.6. The van der Waals surface area contributed by atoms with E-state index >= 15 is 4.39 Å². The summed E-state index contributed by atoms with van der Waals surface area (Å²) in [5.41, 5.74) is 3.15. The number of aryl methyl sites for hydroxylation is 2. The molecule has 2 aromatic carbocycles. The molecule has 3 aliphatic rings. The number of benzene rings is 2. The van der Waals surface area contributed by atoms with Gasteiger partial charge in [0.25, 0.3) is 0 Å². The van der Waals surface area contributed by atoms with E-state index in [-0.39, 0.29) is 60.1 Å². The number of pyridine rings is 1. The van der Waals surface area contributed by atoms with Crippen LogP contribution < -0.4 is 9.47 Å². The number of hydrogen-bond acceptors (Lipinski definition) is 7. The van der Waals surface area contributed by atoms with Crippen molar-refractivity contribution >= 4 is 5.97 Å². The standard InChI is InChI=1S/C36H41F2NO6/c1-18-7-23(44-24-12-22(13-24)36(6,42)17-40)8-19(2)31(18)25-10-21(28(37)14-29(25)38)16-43-30-11-20-9-26-32(27(20)15-39-30)33(26)34(41)45-35(3,4)5/h7-8,10-11,14-15,22,24,26,32-33,40,42H,9,12-13,16-17H2,1-6H3/t22?,24?,26-,32-,33+,36?/m1/s1. The van der Waals surface area contributed by atoms with Crippen molar-refractivity contribution in [1.29, 1.82) is 0 Å². The second kappa shape index (κ2) is 11.4. The number of carbonyl (C=O) groups excluding carboxylic acids is 1. The van der Waals surface area contributed by atoms with Crippen LogP contribution in [0.1, 0.15) is 74.3 Å². The molecule has 0 amide bonds. The fraction of sp³-hybridized carbons (Fsp3) is 0.500. The number of carbonyl (C=O) groups is 1. The fourth-order valence-corrected chi connectivity index (χ4v) is 6.99. The Balaban J connectivity index is 1.13. The van der Waals surface area contributed by atoms with Gasteiger partial charge in [0.15, 0.2) is 0 Å². The summed E-state index contributed by atoms with van der Waals surface area (Å²) in [6.07, 6.45) is 3.67. The number of ether oxygens (including phenoxy) is 3. The van der Waals surface area contributed by atoms with Gasteiger partial charge in [-0.05, 0) is 119 Å². The van der Waals surface area contributed by atoms with Gasteiger partial charge in [-0.2, -0.15) is 0 Å². The van der Waals surface area contributed by atoms with Crippen molar-refractivity contribution in [1.82, 2.24) is 4.98 Å². The van der Waals surface area contributed by atoms with Gasteiger partial charge in [-0.15, -0.1) is 0 Å². The molecule has 4 atom stereocenters. The predicted molar refractivity (Wildman–Crippen MR) is 164 cm³/mol. The number of aromatic nitrogens is 1. The summed E-state index contributed by atoms with van der Waals surface area (Å²) in [5, 5.41) is 19.6. The largest absolute Gasteiger partial charge is 0.490 e. The maximum absolute atomic E-state index is 15.2. The molecule has 1 heterocycles. The molecule has 0 aliphatic heterocycles. The molecule has 3 aliphatic carbocycles. The van der Waals surface area contributed by atoms with E-state index in [2.05, 4.69) is 4.98 Å². The van der Waals surface area contributed by atoms with Crippen LogP contribution in [-0.4, -0.2) is 45.1 Å². The highest BCUT2D eigenvalue weighted by Gasteiger charge is 2.61. The van der Waals surface area contributed by atoms with E-state index in [9.17, 15) is 19.4 Å². The normalized spacial score (nSPS) is 24.6. The molecule has 45 heavy (non-hydrogen) atoms. The number of aliphatic hydroxyl groups is 2. The van der Waals surface area contributed by atoms with Gasteiger partial charge in [0, 0.05) is 35.4 Å². The molecule has 6 rings (SSSR count). The number of hydrogen-bond donors (Lipinski definition) is 2. The SMILES string of the molecule is Cc1cc(OC2CC(C(C)(O)CO)C2)cc(C)c1-c1cc(COc2cc3c(cn2)[C@H]2[C@@H](C3)[C@@H]2C(=O)OC(C)(C)C)c(F)cc1F. The Labute approximate surface area is 262 Å². The summed E-state index contributed by atoms with van der Waals surface area (Å²) < 4.78 is 47.7. The highest BCUT2D eigenvalue weighted by molar-refractivity contribution is 5.80. The summed E-state index contributed by atoms with van der Waals surface area (Å²) in [5.74, 6) is -0.385. The molecule has 0 radical (unpaired) electrons. The third-order valence-corrected chi connectivity index (χ3v) is 9.55. The minimum atomic E-state index is -1.12. The first kappa shape index (κ1) is 31.4. The number of aliphatic hydroxyl groups excluding tert-OH is 1.